The zero-order chi connectivity index (χ0) is 22.7. The third-order valence-electron chi connectivity index (χ3n) is 6.37. The van der Waals surface area contributed by atoms with E-state index in [1.807, 2.05) is 36.2 Å². The quantitative estimate of drug-likeness (QED) is 0.550. The second-order valence-corrected chi connectivity index (χ2v) is 9.04. The lowest BCUT2D eigenvalue weighted by Crippen LogP contribution is -2.40. The summed E-state index contributed by atoms with van der Waals surface area (Å²) < 4.78 is 13.2. The highest BCUT2D eigenvalue weighted by molar-refractivity contribution is 5.94. The van der Waals surface area contributed by atoms with E-state index in [-0.39, 0.29) is 17.8 Å². The normalized spacial score (nSPS) is 15.5. The second-order valence-electron chi connectivity index (χ2n) is 9.04. The largest absolute Gasteiger partial charge is 0.338 e. The molecule has 4 rings (SSSR count). The van der Waals surface area contributed by atoms with E-state index in [9.17, 15) is 9.18 Å². The second kappa shape index (κ2) is 9.66. The zero-order valence-corrected chi connectivity index (χ0v) is 19.1. The Labute approximate surface area is 190 Å². The van der Waals surface area contributed by atoms with E-state index in [2.05, 4.69) is 37.4 Å². The number of carbonyl (C=O) groups is 1. The summed E-state index contributed by atoms with van der Waals surface area (Å²) in [6.07, 6.45) is 2.86. The molecule has 1 aliphatic rings. The summed E-state index contributed by atoms with van der Waals surface area (Å²) in [5.74, 6) is -0.207. The van der Waals surface area contributed by atoms with E-state index in [1.165, 1.54) is 28.8 Å². The SMILES string of the molecule is CC(C)NCc1ccc2c(c1)CCC(N(C)C(=O)c1ccc(-c3ccc(F)cc3)cc1)C2. The Balaban J connectivity index is 1.41. The van der Waals surface area contributed by atoms with Gasteiger partial charge in [-0.2, -0.15) is 0 Å². The third kappa shape index (κ3) is 5.08. The molecule has 1 atom stereocenters. The Bertz CT molecular complexity index is 1070. The molecular formula is C28H31FN2O. The van der Waals surface area contributed by atoms with Gasteiger partial charge in [0.05, 0.1) is 0 Å². The first-order chi connectivity index (χ1) is 15.4. The molecule has 166 valence electrons. The number of nitrogens with one attached hydrogen (secondary N) is 1. The summed E-state index contributed by atoms with van der Waals surface area (Å²) in [7, 11) is 1.91. The molecule has 0 heterocycles. The Kier molecular flexibility index (Phi) is 6.71. The number of likely N-dealkylation sites (N-methyl/N-ethyl adjacent to an activating group) is 1. The van der Waals surface area contributed by atoms with Gasteiger partial charge in [-0.05, 0) is 71.3 Å². The van der Waals surface area contributed by atoms with Crippen LogP contribution in [0.4, 0.5) is 4.39 Å². The molecular weight excluding hydrogens is 399 g/mol. The number of halogens is 1. The van der Waals surface area contributed by atoms with Crippen molar-refractivity contribution in [2.75, 3.05) is 7.05 Å². The van der Waals surface area contributed by atoms with Gasteiger partial charge in [-0.15, -0.1) is 0 Å². The van der Waals surface area contributed by atoms with Gasteiger partial charge in [-0.1, -0.05) is 56.3 Å². The summed E-state index contributed by atoms with van der Waals surface area (Å²) in [5.41, 5.74) is 6.67. The Morgan fingerprint density at radius 1 is 1.00 bits per heavy atom. The average molecular weight is 431 g/mol. The number of nitrogens with zero attached hydrogens (tertiary/aromatic N) is 1. The van der Waals surface area contributed by atoms with Crippen molar-refractivity contribution >= 4 is 5.91 Å². The third-order valence-corrected chi connectivity index (χ3v) is 6.37. The number of aryl methyl sites for hydroxylation is 1. The molecule has 1 aliphatic carbocycles. The molecule has 1 N–H and O–H groups in total. The minimum absolute atomic E-state index is 0.0434. The maximum atomic E-state index is 13.2. The van der Waals surface area contributed by atoms with Crippen molar-refractivity contribution in [3.63, 3.8) is 0 Å². The van der Waals surface area contributed by atoms with Gasteiger partial charge >= 0.3 is 0 Å². The first-order valence-corrected chi connectivity index (χ1v) is 11.4. The molecule has 0 saturated heterocycles. The van der Waals surface area contributed by atoms with Crippen LogP contribution in [-0.2, 0) is 19.4 Å². The standard InChI is InChI=1S/C28H31FN2O/c1-19(2)30-18-20-4-5-25-17-27(15-12-24(25)16-20)31(3)28(32)23-8-6-21(7-9-23)22-10-13-26(29)14-11-22/h4-11,13-14,16,19,27,30H,12,15,17-18H2,1-3H3. The van der Waals surface area contributed by atoms with Crippen LogP contribution in [0.25, 0.3) is 11.1 Å². The summed E-state index contributed by atoms with van der Waals surface area (Å²) >= 11 is 0. The van der Waals surface area contributed by atoms with Crippen molar-refractivity contribution in [1.29, 1.82) is 0 Å². The molecule has 0 aliphatic heterocycles. The van der Waals surface area contributed by atoms with Crippen LogP contribution in [-0.4, -0.2) is 29.9 Å². The highest BCUT2D eigenvalue weighted by Gasteiger charge is 2.26. The van der Waals surface area contributed by atoms with Crippen LogP contribution in [0.2, 0.25) is 0 Å². The number of hydrogen-bond acceptors (Lipinski definition) is 2. The van der Waals surface area contributed by atoms with Crippen LogP contribution in [0.5, 0.6) is 0 Å². The van der Waals surface area contributed by atoms with Crippen LogP contribution in [0.1, 0.15) is 47.3 Å². The Morgan fingerprint density at radius 3 is 2.31 bits per heavy atom. The molecule has 3 aromatic carbocycles. The highest BCUT2D eigenvalue weighted by Crippen LogP contribution is 2.27. The number of amides is 1. The number of rotatable bonds is 6. The summed E-state index contributed by atoms with van der Waals surface area (Å²) in [6.45, 7) is 5.21. The van der Waals surface area contributed by atoms with E-state index < -0.39 is 0 Å². The molecule has 0 bridgehead atoms. The lowest BCUT2D eigenvalue weighted by atomic mass is 9.86. The number of fused-ring (bicyclic) bond motifs is 1. The molecule has 0 saturated carbocycles. The molecule has 0 spiro atoms. The van der Waals surface area contributed by atoms with Gasteiger partial charge in [0.15, 0.2) is 0 Å². The molecule has 32 heavy (non-hydrogen) atoms. The first kappa shape index (κ1) is 22.2. The van der Waals surface area contributed by atoms with Crippen LogP contribution in [0.15, 0.2) is 66.7 Å². The Morgan fingerprint density at radius 2 is 1.66 bits per heavy atom. The smallest absolute Gasteiger partial charge is 0.253 e. The summed E-state index contributed by atoms with van der Waals surface area (Å²) in [5, 5.41) is 3.48. The molecule has 0 radical (unpaired) electrons. The maximum absolute atomic E-state index is 13.2. The molecule has 3 nitrogen and oxygen atoms in total. The van der Waals surface area contributed by atoms with Crippen molar-refractivity contribution in [2.45, 2.75) is 51.7 Å². The topological polar surface area (TPSA) is 32.3 Å². The molecule has 4 heteroatoms. The van der Waals surface area contributed by atoms with Gasteiger partial charge in [-0.3, -0.25) is 4.79 Å². The van der Waals surface area contributed by atoms with Crippen molar-refractivity contribution in [1.82, 2.24) is 10.2 Å². The average Bonchev–Trinajstić information content (AvgIpc) is 2.82. The van der Waals surface area contributed by atoms with Gasteiger partial charge in [0.25, 0.3) is 5.91 Å². The summed E-state index contributed by atoms with van der Waals surface area (Å²) in [6, 6.07) is 21.4. The van der Waals surface area contributed by atoms with Crippen LogP contribution < -0.4 is 5.32 Å². The lowest BCUT2D eigenvalue weighted by molar-refractivity contribution is 0.0719. The van der Waals surface area contributed by atoms with Crippen molar-refractivity contribution < 1.29 is 9.18 Å². The fraction of sp³-hybridized carbons (Fsp3) is 0.321. The first-order valence-electron chi connectivity index (χ1n) is 11.4. The number of carbonyl (C=O) groups excluding carboxylic acids is 1. The fourth-order valence-electron chi connectivity index (χ4n) is 4.37. The van der Waals surface area contributed by atoms with E-state index in [0.29, 0.717) is 11.6 Å². The lowest BCUT2D eigenvalue weighted by Gasteiger charge is -2.33. The van der Waals surface area contributed by atoms with Gasteiger partial charge in [0, 0.05) is 31.2 Å². The van der Waals surface area contributed by atoms with Gasteiger partial charge in [0.2, 0.25) is 0 Å². The minimum Gasteiger partial charge on any atom is -0.338 e. The van der Waals surface area contributed by atoms with Crippen molar-refractivity contribution in [3.05, 3.63) is 94.8 Å². The summed E-state index contributed by atoms with van der Waals surface area (Å²) in [4.78, 5) is 15.0. The fourth-order valence-corrected chi connectivity index (χ4v) is 4.37. The predicted molar refractivity (Wildman–Crippen MR) is 128 cm³/mol. The molecule has 1 unspecified atom stereocenters. The van der Waals surface area contributed by atoms with Crippen molar-refractivity contribution in [3.8, 4) is 11.1 Å². The van der Waals surface area contributed by atoms with E-state index in [1.54, 1.807) is 12.1 Å². The highest BCUT2D eigenvalue weighted by atomic mass is 19.1. The number of hydrogen-bond donors (Lipinski definition) is 1. The molecule has 0 aromatic heterocycles. The Hall–Kier alpha value is -2.98. The van der Waals surface area contributed by atoms with Crippen LogP contribution in [0, 0.1) is 5.82 Å². The van der Waals surface area contributed by atoms with Crippen molar-refractivity contribution in [2.24, 2.45) is 0 Å². The van der Waals surface area contributed by atoms with E-state index in [4.69, 9.17) is 0 Å². The van der Waals surface area contributed by atoms with Crippen LogP contribution in [0.3, 0.4) is 0 Å². The maximum Gasteiger partial charge on any atom is 0.253 e. The van der Waals surface area contributed by atoms with E-state index >= 15 is 0 Å². The molecule has 0 fully saturated rings. The van der Waals surface area contributed by atoms with Gasteiger partial charge in [-0.25, -0.2) is 4.39 Å². The predicted octanol–water partition coefficient (Wildman–Crippen LogP) is 5.62. The van der Waals surface area contributed by atoms with Gasteiger partial charge < -0.3 is 10.2 Å². The molecule has 3 aromatic rings. The van der Waals surface area contributed by atoms with Crippen LogP contribution >= 0.6 is 0 Å². The monoisotopic (exact) mass is 430 g/mol. The van der Waals surface area contributed by atoms with E-state index in [0.717, 1.165) is 36.9 Å². The zero-order valence-electron chi connectivity index (χ0n) is 19.1. The molecule has 1 amide bonds. The number of benzene rings is 3. The minimum atomic E-state index is -0.250. The van der Waals surface area contributed by atoms with Gasteiger partial charge in [0.1, 0.15) is 5.82 Å².